The topological polar surface area (TPSA) is 14.2 Å². The van der Waals surface area contributed by atoms with E-state index in [0.717, 1.165) is 33.4 Å². The van der Waals surface area contributed by atoms with Crippen molar-refractivity contribution >= 4 is 49.3 Å². The van der Waals surface area contributed by atoms with Crippen LogP contribution in [0.4, 0.5) is 5.69 Å². The lowest BCUT2D eigenvalue weighted by molar-refractivity contribution is 1.17. The van der Waals surface area contributed by atoms with Crippen LogP contribution in [0.5, 0.6) is 0 Å². The van der Waals surface area contributed by atoms with E-state index in [1.807, 2.05) is 24.3 Å². The zero-order valence-corrected chi connectivity index (χ0v) is 21.6. The molecule has 0 spiro atoms. The average molecular weight is 510 g/mol. The van der Waals surface area contributed by atoms with Crippen molar-refractivity contribution in [2.45, 2.75) is 0 Å². The Morgan fingerprint density at radius 2 is 1.02 bits per heavy atom. The van der Waals surface area contributed by atoms with Gasteiger partial charge in [-0.2, -0.15) is 0 Å². The summed E-state index contributed by atoms with van der Waals surface area (Å²) in [7, 11) is 0. The van der Waals surface area contributed by atoms with Gasteiger partial charge in [-0.3, -0.25) is 0 Å². The third-order valence-electron chi connectivity index (χ3n) is 7.94. The molecular formula is C37H23N3. The van der Waals surface area contributed by atoms with Crippen LogP contribution in [0.15, 0.2) is 140 Å². The van der Waals surface area contributed by atoms with E-state index in [4.69, 9.17) is 6.57 Å². The van der Waals surface area contributed by atoms with E-state index in [9.17, 15) is 0 Å². The van der Waals surface area contributed by atoms with Crippen LogP contribution in [0, 0.1) is 6.57 Å². The van der Waals surface area contributed by atoms with Crippen LogP contribution in [0.3, 0.4) is 0 Å². The molecule has 0 atom stereocenters. The molecule has 40 heavy (non-hydrogen) atoms. The van der Waals surface area contributed by atoms with Gasteiger partial charge in [-0.15, -0.1) is 0 Å². The predicted octanol–water partition coefficient (Wildman–Crippen LogP) is 10.1. The van der Waals surface area contributed by atoms with Gasteiger partial charge in [0.2, 0.25) is 5.69 Å². The van der Waals surface area contributed by atoms with Crippen molar-refractivity contribution in [3.63, 3.8) is 0 Å². The molecule has 0 unspecified atom stereocenters. The third kappa shape index (κ3) is 3.17. The lowest BCUT2D eigenvalue weighted by Gasteiger charge is -2.12. The molecule has 0 saturated carbocycles. The van der Waals surface area contributed by atoms with Gasteiger partial charge >= 0.3 is 0 Å². The summed E-state index contributed by atoms with van der Waals surface area (Å²) in [6.07, 6.45) is 0. The Balaban J connectivity index is 1.55. The van der Waals surface area contributed by atoms with Crippen molar-refractivity contribution in [2.24, 2.45) is 0 Å². The largest absolute Gasteiger partial charge is 0.319 e. The molecule has 0 saturated heterocycles. The molecule has 0 N–H and O–H groups in total. The van der Waals surface area contributed by atoms with Crippen LogP contribution in [0.25, 0.3) is 71.0 Å². The normalized spacial score (nSPS) is 11.5. The number of hydrogen-bond acceptors (Lipinski definition) is 0. The highest BCUT2D eigenvalue weighted by Crippen LogP contribution is 2.42. The minimum Gasteiger partial charge on any atom is -0.319 e. The number of para-hydroxylation sites is 4. The fourth-order valence-corrected chi connectivity index (χ4v) is 6.23. The summed E-state index contributed by atoms with van der Waals surface area (Å²) in [6.45, 7) is 7.92. The summed E-state index contributed by atoms with van der Waals surface area (Å²) in [6, 6.07) is 48.9. The summed E-state index contributed by atoms with van der Waals surface area (Å²) < 4.78 is 4.66. The predicted molar refractivity (Wildman–Crippen MR) is 167 cm³/mol. The summed E-state index contributed by atoms with van der Waals surface area (Å²) in [5, 5.41) is 4.81. The van der Waals surface area contributed by atoms with Crippen molar-refractivity contribution < 1.29 is 0 Å². The summed E-state index contributed by atoms with van der Waals surface area (Å²) >= 11 is 0. The van der Waals surface area contributed by atoms with Gasteiger partial charge in [0.25, 0.3) is 0 Å². The Labute approximate surface area is 231 Å². The Hall–Kier alpha value is -5.59. The number of benzene rings is 6. The van der Waals surface area contributed by atoms with Gasteiger partial charge in [0, 0.05) is 21.5 Å². The number of fused-ring (bicyclic) bond motifs is 6. The molecule has 8 rings (SSSR count). The standard InChI is InChI=1S/C37H23N3/c1-38-30-16-7-10-19-33(30)40-35-21-11-20-34(39-31-17-8-5-14-27(31)28-15-6-9-18-32(28)39)37(35)29-23-22-26(24-36(29)40)25-12-3-2-4-13-25/h2-24H. The maximum Gasteiger partial charge on any atom is 0.210 e. The lowest BCUT2D eigenvalue weighted by Crippen LogP contribution is -1.96. The molecule has 3 heteroatoms. The van der Waals surface area contributed by atoms with Crippen LogP contribution >= 0.6 is 0 Å². The van der Waals surface area contributed by atoms with Gasteiger partial charge in [-0.25, -0.2) is 4.85 Å². The number of aromatic nitrogens is 2. The van der Waals surface area contributed by atoms with Crippen LogP contribution < -0.4 is 0 Å². The summed E-state index contributed by atoms with van der Waals surface area (Å²) in [5.74, 6) is 0. The summed E-state index contributed by atoms with van der Waals surface area (Å²) in [5.41, 5.74) is 9.50. The van der Waals surface area contributed by atoms with Crippen molar-refractivity contribution in [1.29, 1.82) is 0 Å². The van der Waals surface area contributed by atoms with Gasteiger partial charge < -0.3 is 9.13 Å². The van der Waals surface area contributed by atoms with Crippen LogP contribution in [0.1, 0.15) is 0 Å². The first kappa shape index (κ1) is 22.4. The van der Waals surface area contributed by atoms with E-state index >= 15 is 0 Å². The highest BCUT2D eigenvalue weighted by atomic mass is 15.0. The minimum absolute atomic E-state index is 0.633. The monoisotopic (exact) mass is 509 g/mol. The molecule has 186 valence electrons. The summed E-state index contributed by atoms with van der Waals surface area (Å²) in [4.78, 5) is 3.90. The highest BCUT2D eigenvalue weighted by Gasteiger charge is 2.20. The molecule has 2 heterocycles. The van der Waals surface area contributed by atoms with Crippen molar-refractivity contribution in [3.05, 3.63) is 151 Å². The van der Waals surface area contributed by atoms with E-state index < -0.39 is 0 Å². The van der Waals surface area contributed by atoms with E-state index in [0.29, 0.717) is 5.69 Å². The fraction of sp³-hybridized carbons (Fsp3) is 0. The molecule has 0 aliphatic carbocycles. The van der Waals surface area contributed by atoms with Gasteiger partial charge in [-0.05, 0) is 47.5 Å². The number of nitrogens with zero attached hydrogens (tertiary/aromatic N) is 3. The smallest absolute Gasteiger partial charge is 0.210 e. The average Bonchev–Trinajstić information content (AvgIpc) is 3.54. The minimum atomic E-state index is 0.633. The maximum atomic E-state index is 7.92. The Morgan fingerprint density at radius 1 is 0.425 bits per heavy atom. The molecule has 0 radical (unpaired) electrons. The van der Waals surface area contributed by atoms with E-state index in [-0.39, 0.29) is 0 Å². The van der Waals surface area contributed by atoms with Crippen LogP contribution in [-0.2, 0) is 0 Å². The Kier molecular flexibility index (Phi) is 4.89. The van der Waals surface area contributed by atoms with E-state index in [2.05, 4.69) is 129 Å². The molecule has 0 fully saturated rings. The van der Waals surface area contributed by atoms with Crippen molar-refractivity contribution in [3.8, 4) is 22.5 Å². The van der Waals surface area contributed by atoms with Gasteiger partial charge in [0.05, 0.1) is 40.0 Å². The molecule has 0 bridgehead atoms. The van der Waals surface area contributed by atoms with Gasteiger partial charge in [0.1, 0.15) is 0 Å². The number of rotatable bonds is 3. The molecule has 0 aliphatic rings. The molecule has 3 nitrogen and oxygen atoms in total. The van der Waals surface area contributed by atoms with Crippen LogP contribution in [-0.4, -0.2) is 9.13 Å². The third-order valence-corrected chi connectivity index (χ3v) is 7.94. The van der Waals surface area contributed by atoms with Crippen molar-refractivity contribution in [1.82, 2.24) is 9.13 Å². The van der Waals surface area contributed by atoms with E-state index in [1.165, 1.54) is 32.8 Å². The lowest BCUT2D eigenvalue weighted by atomic mass is 10.0. The fourth-order valence-electron chi connectivity index (χ4n) is 6.23. The SMILES string of the molecule is [C-]#[N+]c1ccccc1-n1c2cc(-c3ccccc3)ccc2c2c(-n3c4ccccc4c4ccccc43)cccc21. The second kappa shape index (κ2) is 8.73. The molecule has 0 amide bonds. The van der Waals surface area contributed by atoms with E-state index in [1.54, 1.807) is 0 Å². The molecule has 8 aromatic rings. The Bertz CT molecular complexity index is 2220. The maximum absolute atomic E-state index is 7.92. The zero-order chi connectivity index (χ0) is 26.6. The first-order chi connectivity index (χ1) is 19.8. The van der Waals surface area contributed by atoms with Crippen molar-refractivity contribution in [2.75, 3.05) is 0 Å². The Morgan fingerprint density at radius 3 is 1.77 bits per heavy atom. The van der Waals surface area contributed by atoms with Crippen LogP contribution in [0.2, 0.25) is 0 Å². The quantitative estimate of drug-likeness (QED) is 0.210. The first-order valence-corrected chi connectivity index (χ1v) is 13.4. The molecule has 0 aliphatic heterocycles. The zero-order valence-electron chi connectivity index (χ0n) is 21.6. The van der Waals surface area contributed by atoms with Gasteiger partial charge in [0.15, 0.2) is 0 Å². The molecule has 2 aromatic heterocycles. The first-order valence-electron chi connectivity index (χ1n) is 13.4. The second-order valence-corrected chi connectivity index (χ2v) is 10.1. The van der Waals surface area contributed by atoms with Gasteiger partial charge in [-0.1, -0.05) is 103 Å². The molecule has 6 aromatic carbocycles. The second-order valence-electron chi connectivity index (χ2n) is 10.1. The highest BCUT2D eigenvalue weighted by molar-refractivity contribution is 6.17. The molecular weight excluding hydrogens is 486 g/mol. The number of hydrogen-bond donors (Lipinski definition) is 0.